The lowest BCUT2D eigenvalue weighted by Gasteiger charge is -1.98. The molecule has 0 unspecified atom stereocenters. The third-order valence-electron chi connectivity index (χ3n) is 1.83. The molecule has 12 heavy (non-hydrogen) atoms. The quantitative estimate of drug-likeness (QED) is 0.718. The number of hydrogen-bond donors (Lipinski definition) is 0. The van der Waals surface area contributed by atoms with Crippen molar-refractivity contribution in [3.63, 3.8) is 0 Å². The van der Waals surface area contributed by atoms with E-state index in [1.165, 1.54) is 25.0 Å². The van der Waals surface area contributed by atoms with Gasteiger partial charge in [-0.15, -0.1) is 0 Å². The third kappa shape index (κ3) is 3.35. The molecule has 1 heterocycles. The molecular weight excluding hydrogens is 214 g/mol. The fraction of sp³-hybridized carbons (Fsp3) is 0.500. The van der Waals surface area contributed by atoms with Crippen LogP contribution in [0, 0.1) is 0 Å². The van der Waals surface area contributed by atoms with E-state index in [0.717, 1.165) is 10.9 Å². The van der Waals surface area contributed by atoms with Gasteiger partial charge in [-0.1, -0.05) is 19.8 Å². The summed E-state index contributed by atoms with van der Waals surface area (Å²) in [6.07, 6.45) is 6.81. The van der Waals surface area contributed by atoms with Crippen molar-refractivity contribution < 1.29 is 0 Å². The molecule has 1 aromatic rings. The molecule has 0 saturated heterocycles. The van der Waals surface area contributed by atoms with Crippen LogP contribution in [0.2, 0.25) is 0 Å². The maximum Gasteiger partial charge on any atom is 0.0413 e. The van der Waals surface area contributed by atoms with Gasteiger partial charge in [0.2, 0.25) is 0 Å². The molecule has 1 nitrogen and oxygen atoms in total. The number of halogens is 1. The van der Waals surface area contributed by atoms with Crippen molar-refractivity contribution in [3.8, 4) is 0 Å². The topological polar surface area (TPSA) is 12.9 Å². The molecule has 0 aliphatic heterocycles. The van der Waals surface area contributed by atoms with E-state index >= 15 is 0 Å². The molecule has 2 heteroatoms. The largest absolute Gasteiger partial charge is 0.260 e. The van der Waals surface area contributed by atoms with Gasteiger partial charge in [0.1, 0.15) is 0 Å². The first-order valence-electron chi connectivity index (χ1n) is 4.43. The van der Waals surface area contributed by atoms with Crippen LogP contribution in [0.25, 0.3) is 0 Å². The zero-order chi connectivity index (χ0) is 8.81. The average Bonchev–Trinajstić information content (AvgIpc) is 2.09. The highest BCUT2D eigenvalue weighted by atomic mass is 79.9. The SMILES string of the molecule is CCCCCc1ccc(Br)cn1. The van der Waals surface area contributed by atoms with Gasteiger partial charge in [0, 0.05) is 16.4 Å². The Labute approximate surface area is 82.3 Å². The summed E-state index contributed by atoms with van der Waals surface area (Å²) >= 11 is 3.36. The first kappa shape index (κ1) is 9.72. The van der Waals surface area contributed by atoms with Crippen molar-refractivity contribution in [3.05, 3.63) is 28.5 Å². The van der Waals surface area contributed by atoms with Gasteiger partial charge >= 0.3 is 0 Å². The van der Waals surface area contributed by atoms with E-state index in [1.807, 2.05) is 12.3 Å². The third-order valence-corrected chi connectivity index (χ3v) is 2.29. The van der Waals surface area contributed by atoms with E-state index < -0.39 is 0 Å². The summed E-state index contributed by atoms with van der Waals surface area (Å²) in [7, 11) is 0. The highest BCUT2D eigenvalue weighted by molar-refractivity contribution is 9.10. The molecule has 0 fully saturated rings. The van der Waals surface area contributed by atoms with Crippen LogP contribution < -0.4 is 0 Å². The van der Waals surface area contributed by atoms with Crippen LogP contribution in [-0.2, 0) is 6.42 Å². The molecule has 0 saturated carbocycles. The molecule has 0 aromatic carbocycles. The number of aryl methyl sites for hydroxylation is 1. The molecule has 0 radical (unpaired) electrons. The molecular formula is C10H14BrN. The zero-order valence-corrected chi connectivity index (χ0v) is 8.97. The molecule has 1 aromatic heterocycles. The van der Waals surface area contributed by atoms with Crippen molar-refractivity contribution in [2.75, 3.05) is 0 Å². The Hall–Kier alpha value is -0.370. The number of aromatic nitrogens is 1. The zero-order valence-electron chi connectivity index (χ0n) is 7.39. The van der Waals surface area contributed by atoms with E-state index in [-0.39, 0.29) is 0 Å². The Morgan fingerprint density at radius 1 is 1.33 bits per heavy atom. The lowest BCUT2D eigenvalue weighted by Crippen LogP contribution is -1.88. The monoisotopic (exact) mass is 227 g/mol. The first-order valence-corrected chi connectivity index (χ1v) is 5.22. The van der Waals surface area contributed by atoms with Crippen molar-refractivity contribution in [2.24, 2.45) is 0 Å². The van der Waals surface area contributed by atoms with E-state index in [4.69, 9.17) is 0 Å². The van der Waals surface area contributed by atoms with Gasteiger partial charge in [-0.05, 0) is 40.9 Å². The molecule has 0 aliphatic carbocycles. The van der Waals surface area contributed by atoms with Crippen molar-refractivity contribution in [1.82, 2.24) is 4.98 Å². The van der Waals surface area contributed by atoms with Crippen LogP contribution in [0.5, 0.6) is 0 Å². The van der Waals surface area contributed by atoms with Crippen molar-refractivity contribution >= 4 is 15.9 Å². The molecule has 66 valence electrons. The molecule has 0 atom stereocenters. The Balaban J connectivity index is 2.37. The molecule has 0 N–H and O–H groups in total. The first-order chi connectivity index (χ1) is 5.83. The maximum absolute atomic E-state index is 4.30. The highest BCUT2D eigenvalue weighted by Crippen LogP contribution is 2.09. The van der Waals surface area contributed by atoms with E-state index in [9.17, 15) is 0 Å². The smallest absolute Gasteiger partial charge is 0.0413 e. The second-order valence-corrected chi connectivity index (χ2v) is 3.84. The number of unbranched alkanes of at least 4 members (excludes halogenated alkanes) is 2. The summed E-state index contributed by atoms with van der Waals surface area (Å²) < 4.78 is 1.06. The van der Waals surface area contributed by atoms with Crippen LogP contribution in [0.1, 0.15) is 31.9 Å². The van der Waals surface area contributed by atoms with Gasteiger partial charge in [0.05, 0.1) is 0 Å². The molecule has 0 aliphatic rings. The molecule has 0 spiro atoms. The second-order valence-electron chi connectivity index (χ2n) is 2.92. The standard InChI is InChI=1S/C10H14BrN/c1-2-3-4-5-10-7-6-9(11)8-12-10/h6-8H,2-5H2,1H3. The summed E-state index contributed by atoms with van der Waals surface area (Å²) in [6, 6.07) is 4.13. The summed E-state index contributed by atoms with van der Waals surface area (Å²) in [6.45, 7) is 2.22. The lowest BCUT2D eigenvalue weighted by atomic mass is 10.1. The van der Waals surface area contributed by atoms with Crippen LogP contribution >= 0.6 is 15.9 Å². The van der Waals surface area contributed by atoms with E-state index in [2.05, 4.69) is 33.9 Å². The lowest BCUT2D eigenvalue weighted by molar-refractivity contribution is 0.707. The van der Waals surface area contributed by atoms with Crippen molar-refractivity contribution in [2.45, 2.75) is 32.6 Å². The maximum atomic E-state index is 4.30. The van der Waals surface area contributed by atoms with Gasteiger partial charge in [0.25, 0.3) is 0 Å². The summed E-state index contributed by atoms with van der Waals surface area (Å²) in [4.78, 5) is 4.30. The van der Waals surface area contributed by atoms with E-state index in [1.54, 1.807) is 0 Å². The predicted molar refractivity (Wildman–Crippen MR) is 55.2 cm³/mol. The van der Waals surface area contributed by atoms with Crippen LogP contribution in [0.3, 0.4) is 0 Å². The Bertz CT molecular complexity index is 218. The minimum atomic E-state index is 1.06. The minimum absolute atomic E-state index is 1.06. The van der Waals surface area contributed by atoms with Crippen LogP contribution in [0.15, 0.2) is 22.8 Å². The minimum Gasteiger partial charge on any atom is -0.260 e. The van der Waals surface area contributed by atoms with Crippen LogP contribution in [0.4, 0.5) is 0 Å². The summed E-state index contributed by atoms with van der Waals surface area (Å²) in [5.74, 6) is 0. The van der Waals surface area contributed by atoms with Crippen LogP contribution in [-0.4, -0.2) is 4.98 Å². The molecule has 1 rings (SSSR count). The number of hydrogen-bond acceptors (Lipinski definition) is 1. The Kier molecular flexibility index (Phi) is 4.30. The molecule has 0 amide bonds. The normalized spacial score (nSPS) is 10.2. The Morgan fingerprint density at radius 2 is 2.17 bits per heavy atom. The number of rotatable bonds is 4. The number of nitrogens with zero attached hydrogens (tertiary/aromatic N) is 1. The van der Waals surface area contributed by atoms with Gasteiger partial charge in [-0.3, -0.25) is 4.98 Å². The van der Waals surface area contributed by atoms with E-state index in [0.29, 0.717) is 0 Å². The fourth-order valence-electron chi connectivity index (χ4n) is 1.11. The summed E-state index contributed by atoms with van der Waals surface area (Å²) in [5, 5.41) is 0. The van der Waals surface area contributed by atoms with Gasteiger partial charge in [-0.25, -0.2) is 0 Å². The average molecular weight is 228 g/mol. The molecule has 0 bridgehead atoms. The second kappa shape index (κ2) is 5.31. The number of pyridine rings is 1. The summed E-state index contributed by atoms with van der Waals surface area (Å²) in [5.41, 5.74) is 1.20. The Morgan fingerprint density at radius 3 is 2.75 bits per heavy atom. The van der Waals surface area contributed by atoms with Gasteiger partial charge in [-0.2, -0.15) is 0 Å². The predicted octanol–water partition coefficient (Wildman–Crippen LogP) is 3.58. The van der Waals surface area contributed by atoms with Gasteiger partial charge < -0.3 is 0 Å². The van der Waals surface area contributed by atoms with Gasteiger partial charge in [0.15, 0.2) is 0 Å². The fourth-order valence-corrected chi connectivity index (χ4v) is 1.34. The highest BCUT2D eigenvalue weighted by Gasteiger charge is 1.93. The van der Waals surface area contributed by atoms with Crippen molar-refractivity contribution in [1.29, 1.82) is 0 Å².